The van der Waals surface area contributed by atoms with E-state index < -0.39 is 23.5 Å². The van der Waals surface area contributed by atoms with E-state index in [-0.39, 0.29) is 35.9 Å². The first-order valence-electron chi connectivity index (χ1n) is 15.9. The van der Waals surface area contributed by atoms with Gasteiger partial charge >= 0.3 is 137 Å². The molecule has 0 saturated carbocycles. The smallest absolute Gasteiger partial charge is 0.0253 e. The van der Waals surface area contributed by atoms with Crippen LogP contribution in [-0.2, 0) is 43.0 Å². The monoisotopic (exact) mass is 804 g/mol. The van der Waals surface area contributed by atoms with Crippen LogP contribution in [0.1, 0.15) is 80.8 Å². The van der Waals surface area contributed by atoms with Gasteiger partial charge in [0.2, 0.25) is 0 Å². The molecule has 0 saturated heterocycles. The van der Waals surface area contributed by atoms with E-state index in [0.29, 0.717) is 14.5 Å². The Labute approximate surface area is 319 Å². The van der Waals surface area contributed by atoms with Gasteiger partial charge < -0.3 is 24.8 Å². The fraction of sp³-hybridized carbons (Fsp3) is 0.293. The van der Waals surface area contributed by atoms with Crippen LogP contribution in [0.5, 0.6) is 0 Å². The zero-order valence-corrected chi connectivity index (χ0v) is 32.4. The number of halogens is 8. The van der Waals surface area contributed by atoms with E-state index in [1.54, 1.807) is 0 Å². The van der Waals surface area contributed by atoms with Crippen molar-refractivity contribution in [3.05, 3.63) is 154 Å². The molecule has 1 atom stereocenters. The van der Waals surface area contributed by atoms with Gasteiger partial charge in [-0.2, -0.15) is 41.5 Å². The third-order valence-electron chi connectivity index (χ3n) is 8.23. The second kappa shape index (κ2) is 18.2. The van der Waals surface area contributed by atoms with Crippen LogP contribution in [0.4, 0.5) is 26.3 Å². The molecule has 0 fully saturated rings. The number of hydrogen-bond acceptors (Lipinski definition) is 0. The molecule has 0 spiro atoms. The SMILES string of the molecule is CCC1=[C-]C(CC)C=C1C(C)(C)C.FC(F)(F)c1cccc([C](=[Zr+2])c2cccc(C(F)(F)F)c2)c1.[Cl-].[Cl-].[c-]1cccc2c1Cc1ccccc1-2. The molecule has 50 heavy (non-hydrogen) atoms. The normalized spacial score (nSPS) is 14.6. The van der Waals surface area contributed by atoms with Gasteiger partial charge in [-0.1, -0.05) is 94.2 Å². The van der Waals surface area contributed by atoms with Gasteiger partial charge in [-0.05, 0) is 6.42 Å². The maximum absolute atomic E-state index is 12.7. The largest absolute Gasteiger partial charge is 1.00 e. The summed E-state index contributed by atoms with van der Waals surface area (Å²) in [6.07, 6.45) is 0.357. The van der Waals surface area contributed by atoms with E-state index in [1.165, 1.54) is 64.1 Å². The van der Waals surface area contributed by atoms with Crippen molar-refractivity contribution >= 4 is 3.21 Å². The molecular weight excluding hydrogens is 769 g/mol. The molecule has 0 heterocycles. The Bertz CT molecular complexity index is 1710. The minimum atomic E-state index is -4.49. The number of hydrogen-bond donors (Lipinski definition) is 0. The van der Waals surface area contributed by atoms with Crippen LogP contribution in [0.3, 0.4) is 0 Å². The molecule has 2 aliphatic rings. The van der Waals surface area contributed by atoms with Crippen LogP contribution >= 0.6 is 0 Å². The molecule has 0 bridgehead atoms. The first kappa shape index (κ1) is 43.4. The summed E-state index contributed by atoms with van der Waals surface area (Å²) in [5.74, 6) is 0.573. The number of fused-ring (bicyclic) bond motifs is 3. The predicted molar refractivity (Wildman–Crippen MR) is 178 cm³/mol. The summed E-state index contributed by atoms with van der Waals surface area (Å²) >= 11 is 0.729. The first-order chi connectivity index (χ1) is 22.5. The topological polar surface area (TPSA) is 0 Å². The molecule has 0 aromatic heterocycles. The van der Waals surface area contributed by atoms with E-state index in [0.717, 1.165) is 61.3 Å². The second-order valence-corrected chi connectivity index (χ2v) is 14.0. The number of alkyl halides is 6. The van der Waals surface area contributed by atoms with E-state index in [1.807, 2.05) is 6.07 Å². The van der Waals surface area contributed by atoms with Crippen molar-refractivity contribution in [3.8, 4) is 11.1 Å². The first-order valence-corrected chi connectivity index (χ1v) is 17.1. The molecule has 2 aliphatic carbocycles. The maximum Gasteiger partial charge on any atom is -0.0253 e. The summed E-state index contributed by atoms with van der Waals surface area (Å²) < 4.78 is 76.7. The molecule has 9 heteroatoms. The summed E-state index contributed by atoms with van der Waals surface area (Å²) in [5, 5.41) is 0. The van der Waals surface area contributed by atoms with E-state index >= 15 is 0 Å². The minimum Gasteiger partial charge on any atom is -1.00 e. The van der Waals surface area contributed by atoms with Crippen molar-refractivity contribution in [1.29, 1.82) is 0 Å². The molecule has 4 aromatic carbocycles. The van der Waals surface area contributed by atoms with Gasteiger partial charge in [0, 0.05) is 0 Å². The third-order valence-corrected chi connectivity index (χ3v) is 9.65. The number of rotatable bonds is 4. The van der Waals surface area contributed by atoms with Crippen LogP contribution in [0.2, 0.25) is 0 Å². The van der Waals surface area contributed by atoms with Crippen LogP contribution in [0.25, 0.3) is 11.1 Å². The fourth-order valence-electron chi connectivity index (χ4n) is 5.73. The van der Waals surface area contributed by atoms with Crippen LogP contribution < -0.4 is 24.8 Å². The van der Waals surface area contributed by atoms with E-state index in [2.05, 4.69) is 89.2 Å². The number of allylic oxidation sites excluding steroid dienone is 4. The van der Waals surface area contributed by atoms with Gasteiger partial charge in [-0.15, -0.1) is 5.56 Å². The zero-order chi connectivity index (χ0) is 35.3. The van der Waals surface area contributed by atoms with Crippen molar-refractivity contribution in [2.45, 2.75) is 66.2 Å². The molecule has 0 amide bonds. The van der Waals surface area contributed by atoms with Gasteiger partial charge in [0.25, 0.3) is 0 Å². The molecule has 1 unspecified atom stereocenters. The molecule has 0 aliphatic heterocycles. The summed E-state index contributed by atoms with van der Waals surface area (Å²) in [4.78, 5) is 0. The Balaban J connectivity index is 0.000000268. The van der Waals surface area contributed by atoms with Crippen molar-refractivity contribution < 1.29 is 75.4 Å². The fourth-order valence-corrected chi connectivity index (χ4v) is 6.49. The molecule has 264 valence electrons. The summed E-state index contributed by atoms with van der Waals surface area (Å²) in [6.45, 7) is 11.3. The Morgan fingerprint density at radius 1 is 0.740 bits per heavy atom. The summed E-state index contributed by atoms with van der Waals surface area (Å²) in [5.41, 5.74) is 7.66. The third kappa shape index (κ3) is 11.1. The number of benzene rings is 4. The van der Waals surface area contributed by atoms with E-state index in [4.69, 9.17) is 0 Å². The predicted octanol–water partition coefficient (Wildman–Crippen LogP) is 6.04. The Hall–Kier alpha value is -2.73. The average Bonchev–Trinajstić information content (AvgIpc) is 3.66. The van der Waals surface area contributed by atoms with Crippen molar-refractivity contribution in [2.75, 3.05) is 0 Å². The van der Waals surface area contributed by atoms with Gasteiger partial charge in [-0.3, -0.25) is 6.08 Å². The van der Waals surface area contributed by atoms with E-state index in [9.17, 15) is 26.3 Å². The Kier molecular flexibility index (Phi) is 15.8. The van der Waals surface area contributed by atoms with Crippen molar-refractivity contribution in [1.82, 2.24) is 0 Å². The second-order valence-electron chi connectivity index (χ2n) is 12.7. The molecule has 4 aromatic rings. The molecule has 0 nitrogen and oxygen atoms in total. The minimum absolute atomic E-state index is 0. The Morgan fingerprint density at radius 2 is 1.28 bits per heavy atom. The van der Waals surface area contributed by atoms with Gasteiger partial charge in [-0.25, -0.2) is 5.57 Å². The van der Waals surface area contributed by atoms with Crippen LogP contribution in [0.15, 0.2) is 108 Å². The molecular formula is C41H38Cl2F6Zr-2. The van der Waals surface area contributed by atoms with Crippen LogP contribution in [-0.4, -0.2) is 3.21 Å². The van der Waals surface area contributed by atoms with Crippen molar-refractivity contribution in [2.24, 2.45) is 11.3 Å². The Morgan fingerprint density at radius 3 is 1.76 bits per heavy atom. The molecule has 0 N–H and O–H groups in total. The standard InChI is InChI=1S/C15H8F6.C13H9.C13H21.2ClH.Zr/c16-14(17,18)12-5-1-3-10(8-12)7-11-4-2-6-13(9-11)15(19,20)21;1-3-7-12-10(5-1)9-11-6-2-4-8-13(11)12;1-6-10-8-11(7-2)12(9-10)13(3,4)5;;;/h1-6,8-9H;1-5,7-8H,9H2;9-10H,6-7H2,1-5H3;2*1H;/q;2*-1;;;+2/p-2. The quantitative estimate of drug-likeness (QED) is 0.154. The van der Waals surface area contributed by atoms with Gasteiger partial charge in [0.15, 0.2) is 0 Å². The molecule has 6 rings (SSSR count). The average molecular weight is 807 g/mol. The summed E-state index contributed by atoms with van der Waals surface area (Å²) in [6, 6.07) is 27.3. The van der Waals surface area contributed by atoms with Gasteiger partial charge in [0.1, 0.15) is 0 Å². The maximum atomic E-state index is 12.7. The van der Waals surface area contributed by atoms with Gasteiger partial charge in [0.05, 0.1) is 0 Å². The molecule has 0 radical (unpaired) electrons. The zero-order valence-electron chi connectivity index (χ0n) is 28.5. The van der Waals surface area contributed by atoms with Crippen molar-refractivity contribution in [3.63, 3.8) is 0 Å². The summed E-state index contributed by atoms with van der Waals surface area (Å²) in [7, 11) is 0. The van der Waals surface area contributed by atoms with Crippen LogP contribution in [0, 0.1) is 23.5 Å².